The number of rotatable bonds is 11. The summed E-state index contributed by atoms with van der Waals surface area (Å²) in [6.45, 7) is 5.05. The van der Waals surface area contributed by atoms with Gasteiger partial charge in [-0.05, 0) is 42.7 Å². The second kappa shape index (κ2) is 11.3. The van der Waals surface area contributed by atoms with Gasteiger partial charge in [-0.25, -0.2) is 4.79 Å². The van der Waals surface area contributed by atoms with Crippen LogP contribution in [0.15, 0.2) is 54.6 Å². The maximum absolute atomic E-state index is 12.4. The predicted molar refractivity (Wildman–Crippen MR) is 106 cm³/mol. The molecule has 0 spiro atoms. The van der Waals surface area contributed by atoms with E-state index in [-0.39, 0.29) is 12.1 Å². The van der Waals surface area contributed by atoms with Gasteiger partial charge in [-0.3, -0.25) is 0 Å². The van der Waals surface area contributed by atoms with Crippen molar-refractivity contribution in [1.29, 1.82) is 0 Å². The highest BCUT2D eigenvalue weighted by Gasteiger charge is 2.17. The van der Waals surface area contributed by atoms with Crippen molar-refractivity contribution < 1.29 is 14.3 Å². The normalized spacial score (nSPS) is 11.8. The average Bonchev–Trinajstić information content (AvgIpc) is 2.68. The van der Waals surface area contributed by atoms with E-state index in [9.17, 15) is 4.79 Å². The maximum Gasteiger partial charge on any atom is 0.338 e. The number of unbranched alkanes of at least 4 members (excludes halogenated alkanes) is 3. The molecular formula is C23H30O3. The molecule has 0 saturated carbocycles. The van der Waals surface area contributed by atoms with Crippen LogP contribution in [0.4, 0.5) is 0 Å². The zero-order valence-corrected chi connectivity index (χ0v) is 15.9. The van der Waals surface area contributed by atoms with Crippen molar-refractivity contribution in [1.82, 2.24) is 0 Å². The van der Waals surface area contributed by atoms with Gasteiger partial charge in [0, 0.05) is 0 Å². The first-order valence-corrected chi connectivity index (χ1v) is 9.73. The Balaban J connectivity index is 1.93. The highest BCUT2D eigenvalue weighted by molar-refractivity contribution is 5.89. The molecule has 0 heterocycles. The summed E-state index contributed by atoms with van der Waals surface area (Å²) in [5.41, 5.74) is 1.59. The van der Waals surface area contributed by atoms with E-state index < -0.39 is 0 Å². The van der Waals surface area contributed by atoms with Crippen molar-refractivity contribution in [2.24, 2.45) is 0 Å². The van der Waals surface area contributed by atoms with Gasteiger partial charge in [0.15, 0.2) is 0 Å². The molecule has 0 saturated heterocycles. The molecule has 3 nitrogen and oxygen atoms in total. The lowest BCUT2D eigenvalue weighted by atomic mass is 10.0. The Morgan fingerprint density at radius 1 is 0.885 bits per heavy atom. The summed E-state index contributed by atoms with van der Waals surface area (Å²) < 4.78 is 11.5. The third-order valence-electron chi connectivity index (χ3n) is 4.33. The minimum atomic E-state index is -0.277. The maximum atomic E-state index is 12.4. The predicted octanol–water partition coefficient (Wildman–Crippen LogP) is 6.34. The van der Waals surface area contributed by atoms with Crippen molar-refractivity contribution in [2.75, 3.05) is 6.61 Å². The van der Waals surface area contributed by atoms with Crippen molar-refractivity contribution in [3.05, 3.63) is 65.7 Å². The molecule has 0 bridgehead atoms. The first kappa shape index (κ1) is 20.0. The summed E-state index contributed by atoms with van der Waals surface area (Å²) >= 11 is 0. The Hall–Kier alpha value is -2.29. The Labute approximate surface area is 157 Å². The minimum Gasteiger partial charge on any atom is -0.494 e. The van der Waals surface area contributed by atoms with Gasteiger partial charge in [-0.2, -0.15) is 0 Å². The highest BCUT2D eigenvalue weighted by atomic mass is 16.5. The summed E-state index contributed by atoms with van der Waals surface area (Å²) in [5.74, 6) is 0.593. The molecule has 0 radical (unpaired) electrons. The van der Waals surface area contributed by atoms with Crippen LogP contribution in [0.1, 0.15) is 74.4 Å². The first-order chi connectivity index (χ1) is 12.7. The molecule has 0 aliphatic rings. The van der Waals surface area contributed by atoms with E-state index in [1.807, 2.05) is 42.5 Å². The van der Waals surface area contributed by atoms with Gasteiger partial charge in [-0.1, -0.05) is 69.9 Å². The van der Waals surface area contributed by atoms with E-state index in [0.29, 0.717) is 5.56 Å². The average molecular weight is 354 g/mol. The molecule has 0 fully saturated rings. The zero-order chi connectivity index (χ0) is 18.6. The molecule has 1 atom stereocenters. The fraction of sp³-hybridized carbons (Fsp3) is 0.435. The smallest absolute Gasteiger partial charge is 0.338 e. The van der Waals surface area contributed by atoms with Crippen molar-refractivity contribution in [3.8, 4) is 5.75 Å². The van der Waals surface area contributed by atoms with Crippen molar-refractivity contribution in [3.63, 3.8) is 0 Å². The summed E-state index contributed by atoms with van der Waals surface area (Å²) in [6, 6.07) is 17.1. The van der Waals surface area contributed by atoms with Crippen LogP contribution in [0.2, 0.25) is 0 Å². The third kappa shape index (κ3) is 6.55. The Bertz CT molecular complexity index is 634. The Morgan fingerprint density at radius 2 is 1.62 bits per heavy atom. The largest absolute Gasteiger partial charge is 0.494 e. The number of benzene rings is 2. The molecular weight excluding hydrogens is 324 g/mol. The summed E-state index contributed by atoms with van der Waals surface area (Å²) in [4.78, 5) is 12.4. The minimum absolute atomic E-state index is 0.230. The van der Waals surface area contributed by atoms with Crippen LogP contribution in [-0.2, 0) is 4.74 Å². The molecule has 0 aliphatic carbocycles. The van der Waals surface area contributed by atoms with E-state index >= 15 is 0 Å². The monoisotopic (exact) mass is 354 g/mol. The van der Waals surface area contributed by atoms with Crippen molar-refractivity contribution in [2.45, 2.75) is 58.5 Å². The lowest BCUT2D eigenvalue weighted by Gasteiger charge is -2.18. The lowest BCUT2D eigenvalue weighted by molar-refractivity contribution is 0.0275. The van der Waals surface area contributed by atoms with Gasteiger partial charge in [0.1, 0.15) is 11.9 Å². The molecule has 3 heteroatoms. The molecule has 0 aromatic heterocycles. The van der Waals surface area contributed by atoms with Gasteiger partial charge in [0.2, 0.25) is 0 Å². The topological polar surface area (TPSA) is 35.5 Å². The molecule has 1 unspecified atom stereocenters. The highest BCUT2D eigenvalue weighted by Crippen LogP contribution is 2.26. The summed E-state index contributed by atoms with van der Waals surface area (Å²) in [5, 5.41) is 0. The zero-order valence-electron chi connectivity index (χ0n) is 15.9. The molecule has 26 heavy (non-hydrogen) atoms. The van der Waals surface area contributed by atoms with Crippen LogP contribution in [0.5, 0.6) is 5.75 Å². The van der Waals surface area contributed by atoms with E-state index in [4.69, 9.17) is 9.47 Å². The van der Waals surface area contributed by atoms with Crippen LogP contribution in [-0.4, -0.2) is 12.6 Å². The first-order valence-electron chi connectivity index (χ1n) is 9.73. The van der Waals surface area contributed by atoms with E-state index in [1.165, 1.54) is 19.3 Å². The second-order valence-electron chi connectivity index (χ2n) is 6.53. The SMILES string of the molecule is CCCCCCOc1ccc(C(CCC)OC(=O)c2ccccc2)cc1. The van der Waals surface area contributed by atoms with Gasteiger partial charge in [0.05, 0.1) is 12.2 Å². The second-order valence-corrected chi connectivity index (χ2v) is 6.53. The number of carbonyl (C=O) groups is 1. The van der Waals surface area contributed by atoms with Gasteiger partial charge >= 0.3 is 5.97 Å². The van der Waals surface area contributed by atoms with E-state index in [1.54, 1.807) is 12.1 Å². The molecule has 0 N–H and O–H groups in total. The van der Waals surface area contributed by atoms with Crippen LogP contribution in [0.25, 0.3) is 0 Å². The van der Waals surface area contributed by atoms with Crippen LogP contribution >= 0.6 is 0 Å². The van der Waals surface area contributed by atoms with Gasteiger partial charge < -0.3 is 9.47 Å². The Kier molecular flexibility index (Phi) is 8.74. The fourth-order valence-corrected chi connectivity index (χ4v) is 2.82. The summed E-state index contributed by atoms with van der Waals surface area (Å²) in [6.07, 6.45) is 6.30. The quantitative estimate of drug-likeness (QED) is 0.349. The van der Waals surface area contributed by atoms with Crippen LogP contribution < -0.4 is 4.74 Å². The summed E-state index contributed by atoms with van der Waals surface area (Å²) in [7, 11) is 0. The van der Waals surface area contributed by atoms with Crippen LogP contribution in [0, 0.1) is 0 Å². The van der Waals surface area contributed by atoms with Crippen molar-refractivity contribution >= 4 is 5.97 Å². The fourth-order valence-electron chi connectivity index (χ4n) is 2.82. The molecule has 140 valence electrons. The number of ether oxygens (including phenoxy) is 2. The number of esters is 1. The van der Waals surface area contributed by atoms with Gasteiger partial charge in [-0.15, -0.1) is 0 Å². The number of hydrogen-bond donors (Lipinski definition) is 0. The number of hydrogen-bond acceptors (Lipinski definition) is 3. The van der Waals surface area contributed by atoms with E-state index in [2.05, 4.69) is 13.8 Å². The number of carbonyl (C=O) groups excluding carboxylic acids is 1. The molecule has 2 aromatic carbocycles. The molecule has 0 amide bonds. The molecule has 0 aliphatic heterocycles. The van der Waals surface area contributed by atoms with Crippen LogP contribution in [0.3, 0.4) is 0 Å². The third-order valence-corrected chi connectivity index (χ3v) is 4.33. The van der Waals surface area contributed by atoms with Gasteiger partial charge in [0.25, 0.3) is 0 Å². The standard InChI is InChI=1S/C23H30O3/c1-3-5-6-10-18-25-21-16-14-19(15-17-21)22(11-4-2)26-23(24)20-12-8-7-9-13-20/h7-9,12-17,22H,3-6,10-11,18H2,1-2H3. The molecule has 2 aromatic rings. The van der Waals surface area contributed by atoms with E-state index in [0.717, 1.165) is 37.2 Å². The lowest BCUT2D eigenvalue weighted by Crippen LogP contribution is -2.11. The Morgan fingerprint density at radius 3 is 2.27 bits per heavy atom. The molecule has 2 rings (SSSR count).